The van der Waals surface area contributed by atoms with E-state index in [4.69, 9.17) is 5.73 Å². The van der Waals surface area contributed by atoms with Gasteiger partial charge in [0, 0.05) is 16.6 Å². The van der Waals surface area contributed by atoms with Crippen molar-refractivity contribution in [2.45, 2.75) is 51.9 Å². The zero-order valence-electron chi connectivity index (χ0n) is 12.3. The van der Waals surface area contributed by atoms with Crippen LogP contribution in [-0.2, 0) is 6.18 Å². The first kappa shape index (κ1) is 17.4. The fraction of sp³-hybridized carbons (Fsp3) is 0.769. The number of alkyl halides is 3. The van der Waals surface area contributed by atoms with Gasteiger partial charge in [-0.2, -0.15) is 13.2 Å². The van der Waals surface area contributed by atoms with Gasteiger partial charge in [-0.25, -0.2) is 4.98 Å². The van der Waals surface area contributed by atoms with E-state index in [-0.39, 0.29) is 5.54 Å². The zero-order valence-corrected chi connectivity index (χ0v) is 13.1. The van der Waals surface area contributed by atoms with Crippen LogP contribution < -0.4 is 5.73 Å². The van der Waals surface area contributed by atoms with Crippen LogP contribution in [0.5, 0.6) is 0 Å². The van der Waals surface area contributed by atoms with E-state index < -0.39 is 17.2 Å². The first-order chi connectivity index (χ1) is 9.20. The second-order valence-electron chi connectivity index (χ2n) is 4.93. The summed E-state index contributed by atoms with van der Waals surface area (Å²) in [4.78, 5) is 6.13. The summed E-state index contributed by atoms with van der Waals surface area (Å²) in [5.74, 6) is 0. The standard InChI is InChI=1S/C13H22F3N3S/c1-5-12(4,19(6-2)7-3)10(17)9-8-18-11(20-9)13(14,15)16/h8,10H,5-7,17H2,1-4H3. The molecular formula is C13H22F3N3S. The molecule has 1 heterocycles. The molecule has 0 saturated carbocycles. The predicted octanol–water partition coefficient (Wildman–Crippen LogP) is 3.67. The number of halogens is 3. The second-order valence-corrected chi connectivity index (χ2v) is 5.99. The lowest BCUT2D eigenvalue weighted by atomic mass is 9.87. The van der Waals surface area contributed by atoms with Crippen molar-refractivity contribution in [3.05, 3.63) is 16.1 Å². The third-order valence-corrected chi connectivity index (χ3v) is 5.07. The largest absolute Gasteiger partial charge is 0.443 e. The molecule has 0 bridgehead atoms. The van der Waals surface area contributed by atoms with Gasteiger partial charge in [-0.3, -0.25) is 4.90 Å². The molecule has 0 aromatic carbocycles. The highest BCUT2D eigenvalue weighted by atomic mass is 32.1. The summed E-state index contributed by atoms with van der Waals surface area (Å²) >= 11 is 0.641. The SMILES string of the molecule is CCN(CC)C(C)(CC)C(N)c1cnc(C(F)(F)F)s1. The molecule has 3 nitrogen and oxygen atoms in total. The van der Waals surface area contributed by atoms with Crippen molar-refractivity contribution in [3.8, 4) is 0 Å². The molecule has 0 aliphatic carbocycles. The van der Waals surface area contributed by atoms with Crippen LogP contribution in [0.3, 0.4) is 0 Å². The monoisotopic (exact) mass is 309 g/mol. The van der Waals surface area contributed by atoms with E-state index in [1.54, 1.807) is 0 Å². The minimum absolute atomic E-state index is 0.376. The smallest absolute Gasteiger partial charge is 0.322 e. The molecule has 0 amide bonds. The Morgan fingerprint density at radius 2 is 1.85 bits per heavy atom. The van der Waals surface area contributed by atoms with Gasteiger partial charge in [-0.15, -0.1) is 11.3 Å². The van der Waals surface area contributed by atoms with Crippen LogP contribution in [0.4, 0.5) is 13.2 Å². The van der Waals surface area contributed by atoms with E-state index in [0.717, 1.165) is 19.5 Å². The van der Waals surface area contributed by atoms with Crippen molar-refractivity contribution in [3.63, 3.8) is 0 Å². The summed E-state index contributed by atoms with van der Waals surface area (Å²) < 4.78 is 37.9. The Kier molecular flexibility index (Phi) is 5.57. The minimum atomic E-state index is -4.40. The first-order valence-electron chi connectivity index (χ1n) is 6.74. The lowest BCUT2D eigenvalue weighted by molar-refractivity contribution is -0.137. The maximum absolute atomic E-state index is 12.6. The van der Waals surface area contributed by atoms with Crippen LogP contribution in [-0.4, -0.2) is 28.5 Å². The quantitative estimate of drug-likeness (QED) is 0.872. The molecule has 0 spiro atoms. The van der Waals surface area contributed by atoms with Gasteiger partial charge in [-0.1, -0.05) is 20.8 Å². The minimum Gasteiger partial charge on any atom is -0.322 e. The number of aromatic nitrogens is 1. The average molecular weight is 309 g/mol. The number of nitrogens with two attached hydrogens (primary N) is 1. The molecule has 0 aliphatic rings. The number of hydrogen-bond acceptors (Lipinski definition) is 4. The van der Waals surface area contributed by atoms with Gasteiger partial charge in [0.2, 0.25) is 0 Å². The van der Waals surface area contributed by atoms with E-state index in [1.807, 2.05) is 27.7 Å². The zero-order chi connectivity index (χ0) is 15.6. The van der Waals surface area contributed by atoms with Crippen LogP contribution in [0.15, 0.2) is 6.20 Å². The maximum Gasteiger partial charge on any atom is 0.443 e. The molecule has 0 saturated heterocycles. The molecule has 2 atom stereocenters. The van der Waals surface area contributed by atoms with Crippen LogP contribution in [0.2, 0.25) is 0 Å². The maximum atomic E-state index is 12.6. The predicted molar refractivity (Wildman–Crippen MR) is 75.7 cm³/mol. The van der Waals surface area contributed by atoms with Gasteiger partial charge in [-0.05, 0) is 26.4 Å². The van der Waals surface area contributed by atoms with Gasteiger partial charge < -0.3 is 5.73 Å². The molecule has 0 radical (unpaired) electrons. The molecule has 1 aromatic heterocycles. The molecule has 116 valence electrons. The normalized spacial score (nSPS) is 17.2. The van der Waals surface area contributed by atoms with Crippen LogP contribution in [0.1, 0.15) is 50.0 Å². The Morgan fingerprint density at radius 1 is 1.30 bits per heavy atom. The van der Waals surface area contributed by atoms with E-state index in [9.17, 15) is 13.2 Å². The summed E-state index contributed by atoms with van der Waals surface area (Å²) in [5, 5.41) is -0.832. The summed E-state index contributed by atoms with van der Waals surface area (Å²) in [5.41, 5.74) is 5.88. The highest BCUT2D eigenvalue weighted by molar-refractivity contribution is 7.11. The van der Waals surface area contributed by atoms with Gasteiger partial charge in [0.15, 0.2) is 5.01 Å². The van der Waals surface area contributed by atoms with Crippen molar-refractivity contribution in [1.29, 1.82) is 0 Å². The number of thiazole rings is 1. The Labute approximate surface area is 122 Å². The third-order valence-electron chi connectivity index (χ3n) is 3.94. The van der Waals surface area contributed by atoms with Crippen LogP contribution >= 0.6 is 11.3 Å². The molecule has 1 aromatic rings. The topological polar surface area (TPSA) is 42.1 Å². The fourth-order valence-electron chi connectivity index (χ4n) is 2.45. The Bertz CT molecular complexity index is 429. The van der Waals surface area contributed by atoms with Crippen molar-refractivity contribution in [1.82, 2.24) is 9.88 Å². The Balaban J connectivity index is 3.08. The summed E-state index contributed by atoms with van der Waals surface area (Å²) in [6, 6.07) is -0.485. The number of hydrogen-bond donors (Lipinski definition) is 1. The van der Waals surface area contributed by atoms with Crippen molar-refractivity contribution < 1.29 is 13.2 Å². The van der Waals surface area contributed by atoms with Gasteiger partial charge in [0.1, 0.15) is 0 Å². The number of likely N-dealkylation sites (N-methyl/N-ethyl adjacent to an activating group) is 1. The fourth-order valence-corrected chi connectivity index (χ4v) is 3.38. The van der Waals surface area contributed by atoms with E-state index >= 15 is 0 Å². The van der Waals surface area contributed by atoms with Crippen LogP contribution in [0.25, 0.3) is 0 Å². The lowest BCUT2D eigenvalue weighted by Crippen LogP contribution is -2.52. The van der Waals surface area contributed by atoms with Crippen LogP contribution in [0, 0.1) is 0 Å². The van der Waals surface area contributed by atoms with E-state index in [1.165, 1.54) is 6.20 Å². The molecular weight excluding hydrogens is 287 g/mol. The summed E-state index contributed by atoms with van der Waals surface area (Å²) in [7, 11) is 0. The molecule has 2 N–H and O–H groups in total. The van der Waals surface area contributed by atoms with Gasteiger partial charge in [0.25, 0.3) is 0 Å². The van der Waals surface area contributed by atoms with Crippen molar-refractivity contribution in [2.75, 3.05) is 13.1 Å². The second kappa shape index (κ2) is 6.41. The highest BCUT2D eigenvalue weighted by Gasteiger charge is 2.39. The molecule has 0 fully saturated rings. The molecule has 0 aliphatic heterocycles. The van der Waals surface area contributed by atoms with E-state index in [0.29, 0.717) is 16.2 Å². The average Bonchev–Trinajstić information content (AvgIpc) is 2.88. The van der Waals surface area contributed by atoms with Gasteiger partial charge >= 0.3 is 6.18 Å². The van der Waals surface area contributed by atoms with Gasteiger partial charge in [0.05, 0.1) is 6.04 Å². The van der Waals surface area contributed by atoms with E-state index in [2.05, 4.69) is 9.88 Å². The number of nitrogens with zero attached hydrogens (tertiary/aromatic N) is 2. The molecule has 1 rings (SSSR count). The third kappa shape index (κ3) is 3.32. The molecule has 7 heteroatoms. The highest BCUT2D eigenvalue weighted by Crippen LogP contribution is 2.38. The van der Waals surface area contributed by atoms with Crippen molar-refractivity contribution in [2.24, 2.45) is 5.73 Å². The first-order valence-corrected chi connectivity index (χ1v) is 7.55. The Morgan fingerprint density at radius 3 is 2.20 bits per heavy atom. The lowest BCUT2D eigenvalue weighted by Gasteiger charge is -2.43. The summed E-state index contributed by atoms with van der Waals surface area (Å²) in [6.07, 6.45) is -2.38. The molecule has 20 heavy (non-hydrogen) atoms. The summed E-state index contributed by atoms with van der Waals surface area (Å²) in [6.45, 7) is 9.66. The Hall–Kier alpha value is -0.660. The number of rotatable bonds is 6. The molecule has 2 unspecified atom stereocenters. The van der Waals surface area contributed by atoms with Crippen molar-refractivity contribution >= 4 is 11.3 Å².